The van der Waals surface area contributed by atoms with Crippen LogP contribution < -0.4 is 5.32 Å². The molecule has 2 aromatic carbocycles. The lowest BCUT2D eigenvalue weighted by Gasteiger charge is -2.19. The molecular weight excluding hydrogens is 341 g/mol. The molecule has 1 N–H and O–H groups in total. The average molecular weight is 357 g/mol. The zero-order chi connectivity index (χ0) is 14.7. The van der Waals surface area contributed by atoms with Crippen molar-refractivity contribution >= 4 is 27.5 Å². The summed E-state index contributed by atoms with van der Waals surface area (Å²) in [6.45, 7) is 2.04. The SMILES string of the molecule is CNC(Cc1c(F)cccc1Cl)c1cc(C)cc(Br)c1. The molecule has 20 heavy (non-hydrogen) atoms. The minimum Gasteiger partial charge on any atom is -0.313 e. The Balaban J connectivity index is 2.33. The molecular formula is C16H16BrClFN. The van der Waals surface area contributed by atoms with E-state index in [1.807, 2.05) is 26.1 Å². The van der Waals surface area contributed by atoms with Crippen molar-refractivity contribution in [3.8, 4) is 0 Å². The van der Waals surface area contributed by atoms with E-state index < -0.39 is 0 Å². The molecule has 2 aromatic rings. The van der Waals surface area contributed by atoms with Gasteiger partial charge in [-0.1, -0.05) is 39.7 Å². The molecule has 0 aromatic heterocycles. The number of hydrogen-bond acceptors (Lipinski definition) is 1. The third-order valence-electron chi connectivity index (χ3n) is 3.29. The van der Waals surface area contributed by atoms with Crippen molar-refractivity contribution in [2.24, 2.45) is 0 Å². The molecule has 0 bridgehead atoms. The van der Waals surface area contributed by atoms with Crippen LogP contribution in [-0.2, 0) is 6.42 Å². The average Bonchev–Trinajstić information content (AvgIpc) is 2.37. The second-order valence-corrected chi connectivity index (χ2v) is 6.13. The van der Waals surface area contributed by atoms with Crippen LogP contribution in [0, 0.1) is 12.7 Å². The third-order valence-corrected chi connectivity index (χ3v) is 4.10. The zero-order valence-corrected chi connectivity index (χ0v) is 13.7. The first-order chi connectivity index (χ1) is 9.51. The van der Waals surface area contributed by atoms with E-state index >= 15 is 0 Å². The molecule has 0 saturated heterocycles. The Morgan fingerprint density at radius 2 is 2.05 bits per heavy atom. The van der Waals surface area contributed by atoms with Crippen molar-refractivity contribution in [1.29, 1.82) is 0 Å². The first-order valence-electron chi connectivity index (χ1n) is 6.38. The molecule has 0 aliphatic rings. The van der Waals surface area contributed by atoms with Crippen LogP contribution in [0.3, 0.4) is 0 Å². The maximum atomic E-state index is 13.9. The summed E-state index contributed by atoms with van der Waals surface area (Å²) in [6, 6.07) is 11.0. The molecule has 0 spiro atoms. The predicted molar refractivity (Wildman–Crippen MR) is 85.8 cm³/mol. The Bertz CT molecular complexity index is 575. The molecule has 4 heteroatoms. The predicted octanol–water partition coefficient (Wildman–Crippen LogP) is 5.05. The molecule has 0 saturated carbocycles. The number of benzene rings is 2. The van der Waals surface area contributed by atoms with Crippen molar-refractivity contribution in [1.82, 2.24) is 5.32 Å². The third kappa shape index (κ3) is 3.60. The molecule has 0 amide bonds. The van der Waals surface area contributed by atoms with Gasteiger partial charge in [-0.25, -0.2) is 4.39 Å². The normalized spacial score (nSPS) is 12.4. The summed E-state index contributed by atoms with van der Waals surface area (Å²) < 4.78 is 14.9. The van der Waals surface area contributed by atoms with E-state index in [9.17, 15) is 4.39 Å². The van der Waals surface area contributed by atoms with Crippen LogP contribution in [0.15, 0.2) is 40.9 Å². The van der Waals surface area contributed by atoms with Crippen LogP contribution in [-0.4, -0.2) is 7.05 Å². The summed E-state index contributed by atoms with van der Waals surface area (Å²) in [5.41, 5.74) is 2.82. The van der Waals surface area contributed by atoms with E-state index in [4.69, 9.17) is 11.6 Å². The fraction of sp³-hybridized carbons (Fsp3) is 0.250. The van der Waals surface area contributed by atoms with Crippen LogP contribution in [0.1, 0.15) is 22.7 Å². The van der Waals surface area contributed by atoms with Gasteiger partial charge in [-0.3, -0.25) is 0 Å². The lowest BCUT2D eigenvalue weighted by Crippen LogP contribution is -2.19. The van der Waals surface area contributed by atoms with Crippen LogP contribution in [0.4, 0.5) is 4.39 Å². The van der Waals surface area contributed by atoms with E-state index in [0.29, 0.717) is 17.0 Å². The monoisotopic (exact) mass is 355 g/mol. The summed E-state index contributed by atoms with van der Waals surface area (Å²) in [5.74, 6) is -0.260. The summed E-state index contributed by atoms with van der Waals surface area (Å²) in [5, 5.41) is 3.70. The number of aryl methyl sites for hydroxylation is 1. The largest absolute Gasteiger partial charge is 0.313 e. The number of hydrogen-bond donors (Lipinski definition) is 1. The Hall–Kier alpha value is -0.900. The molecule has 1 nitrogen and oxygen atoms in total. The Kier molecular flexibility index (Phi) is 5.19. The van der Waals surface area contributed by atoms with Gasteiger partial charge in [0.05, 0.1) is 0 Å². The van der Waals surface area contributed by atoms with Gasteiger partial charge in [0.2, 0.25) is 0 Å². The highest BCUT2D eigenvalue weighted by Crippen LogP contribution is 2.27. The summed E-state index contributed by atoms with van der Waals surface area (Å²) in [4.78, 5) is 0. The minimum absolute atomic E-state index is 0.0144. The van der Waals surface area contributed by atoms with Gasteiger partial charge in [0.15, 0.2) is 0 Å². The first kappa shape index (κ1) is 15.5. The van der Waals surface area contributed by atoms with E-state index in [1.165, 1.54) is 6.07 Å². The highest BCUT2D eigenvalue weighted by Gasteiger charge is 2.16. The molecule has 1 unspecified atom stereocenters. The van der Waals surface area contributed by atoms with Crippen molar-refractivity contribution in [3.05, 3.63) is 68.4 Å². The van der Waals surface area contributed by atoms with Crippen LogP contribution in [0.25, 0.3) is 0 Å². The second-order valence-electron chi connectivity index (χ2n) is 4.81. The van der Waals surface area contributed by atoms with Gasteiger partial charge in [-0.05, 0) is 55.8 Å². The van der Waals surface area contributed by atoms with Crippen molar-refractivity contribution in [2.45, 2.75) is 19.4 Å². The van der Waals surface area contributed by atoms with Crippen LogP contribution >= 0.6 is 27.5 Å². The summed E-state index contributed by atoms with van der Waals surface area (Å²) >= 11 is 9.60. The number of halogens is 3. The van der Waals surface area contributed by atoms with Gasteiger partial charge in [0.25, 0.3) is 0 Å². The molecule has 106 valence electrons. The van der Waals surface area contributed by atoms with E-state index in [1.54, 1.807) is 12.1 Å². The second kappa shape index (κ2) is 6.70. The van der Waals surface area contributed by atoms with Gasteiger partial charge in [0, 0.05) is 21.1 Å². The summed E-state index contributed by atoms with van der Waals surface area (Å²) in [6.07, 6.45) is 0.512. The molecule has 0 aliphatic heterocycles. The highest BCUT2D eigenvalue weighted by atomic mass is 79.9. The first-order valence-corrected chi connectivity index (χ1v) is 7.55. The smallest absolute Gasteiger partial charge is 0.127 e. The van der Waals surface area contributed by atoms with Crippen LogP contribution in [0.2, 0.25) is 5.02 Å². The van der Waals surface area contributed by atoms with Gasteiger partial charge in [-0.2, -0.15) is 0 Å². The summed E-state index contributed by atoms with van der Waals surface area (Å²) in [7, 11) is 1.87. The Morgan fingerprint density at radius 3 is 2.65 bits per heavy atom. The van der Waals surface area contributed by atoms with Crippen molar-refractivity contribution in [2.75, 3.05) is 7.05 Å². The standard InChI is InChI=1S/C16H16BrClFN/c1-10-6-11(8-12(17)7-10)16(20-2)9-13-14(18)4-3-5-15(13)19/h3-8,16,20H,9H2,1-2H3. The van der Waals surface area contributed by atoms with E-state index in [0.717, 1.165) is 15.6 Å². The maximum absolute atomic E-state index is 13.9. The van der Waals surface area contributed by atoms with Gasteiger partial charge in [-0.15, -0.1) is 0 Å². The van der Waals surface area contributed by atoms with Crippen LogP contribution in [0.5, 0.6) is 0 Å². The maximum Gasteiger partial charge on any atom is 0.127 e. The zero-order valence-electron chi connectivity index (χ0n) is 11.4. The lowest BCUT2D eigenvalue weighted by atomic mass is 9.97. The Morgan fingerprint density at radius 1 is 1.30 bits per heavy atom. The molecule has 2 rings (SSSR count). The van der Waals surface area contributed by atoms with E-state index in [-0.39, 0.29) is 11.9 Å². The topological polar surface area (TPSA) is 12.0 Å². The molecule has 0 fully saturated rings. The van der Waals surface area contributed by atoms with Gasteiger partial charge in [0.1, 0.15) is 5.82 Å². The fourth-order valence-electron chi connectivity index (χ4n) is 2.28. The highest BCUT2D eigenvalue weighted by molar-refractivity contribution is 9.10. The van der Waals surface area contributed by atoms with E-state index in [2.05, 4.69) is 27.3 Å². The minimum atomic E-state index is -0.260. The molecule has 1 atom stereocenters. The molecule has 0 radical (unpaired) electrons. The van der Waals surface area contributed by atoms with Crippen molar-refractivity contribution < 1.29 is 4.39 Å². The molecule has 0 aliphatic carbocycles. The lowest BCUT2D eigenvalue weighted by molar-refractivity contribution is 0.554. The van der Waals surface area contributed by atoms with Crippen molar-refractivity contribution in [3.63, 3.8) is 0 Å². The quantitative estimate of drug-likeness (QED) is 0.808. The fourth-order valence-corrected chi connectivity index (χ4v) is 3.15. The Labute approximate surface area is 132 Å². The number of likely N-dealkylation sites (N-methyl/N-ethyl adjacent to an activating group) is 1. The van der Waals surface area contributed by atoms with Gasteiger partial charge < -0.3 is 5.32 Å². The number of nitrogens with one attached hydrogen (secondary N) is 1. The van der Waals surface area contributed by atoms with Gasteiger partial charge >= 0.3 is 0 Å². The number of rotatable bonds is 4. The molecule has 0 heterocycles.